The molecule has 2 bridgehead atoms. The number of hydrogen-bond acceptors (Lipinski definition) is 0. The molecule has 0 aromatic rings. The molecule has 3 aliphatic carbocycles. The van der Waals surface area contributed by atoms with Crippen LogP contribution in [0.4, 0.5) is 0 Å². The van der Waals surface area contributed by atoms with Crippen molar-refractivity contribution in [2.45, 2.75) is 44.9 Å². The average Bonchev–Trinajstić information content (AvgIpc) is 2.81. The van der Waals surface area contributed by atoms with Crippen LogP contribution >= 0.6 is 0 Å². The van der Waals surface area contributed by atoms with Gasteiger partial charge in [0.05, 0.1) is 0 Å². The molecule has 2 saturated carbocycles. The minimum Gasteiger partial charge on any atom is -0.0850 e. The van der Waals surface area contributed by atoms with Gasteiger partial charge >= 0.3 is 0 Å². The molecule has 2 unspecified atom stereocenters. The molecule has 0 amide bonds. The fraction of sp³-hybridized carbons (Fsp3) is 0.833. The summed E-state index contributed by atoms with van der Waals surface area (Å²) in [6.45, 7) is 0. The van der Waals surface area contributed by atoms with Crippen molar-refractivity contribution in [3.05, 3.63) is 11.6 Å². The first-order valence-corrected chi connectivity index (χ1v) is 5.61. The molecule has 2 fully saturated rings. The van der Waals surface area contributed by atoms with Crippen molar-refractivity contribution in [1.29, 1.82) is 0 Å². The van der Waals surface area contributed by atoms with Crippen LogP contribution in [0.25, 0.3) is 0 Å². The Morgan fingerprint density at radius 3 is 2.42 bits per heavy atom. The maximum Gasteiger partial charge on any atom is -0.0286 e. The van der Waals surface area contributed by atoms with Gasteiger partial charge in [0, 0.05) is 0 Å². The first-order chi connectivity index (χ1) is 5.93. The minimum atomic E-state index is 1.09. The molecule has 66 valence electrons. The van der Waals surface area contributed by atoms with Gasteiger partial charge in [0.15, 0.2) is 0 Å². The van der Waals surface area contributed by atoms with E-state index in [1.807, 2.05) is 0 Å². The van der Waals surface area contributed by atoms with Gasteiger partial charge in [-0.2, -0.15) is 0 Å². The standard InChI is InChI=1S/C12H18/c1-2-4-10(3-1)12-8-9-5-6-11(12)7-9/h5,10-12H,1-4,6-8H2. The zero-order valence-corrected chi connectivity index (χ0v) is 7.76. The van der Waals surface area contributed by atoms with E-state index in [-0.39, 0.29) is 0 Å². The third-order valence-corrected chi connectivity index (χ3v) is 4.34. The molecule has 3 rings (SSSR count). The molecule has 0 nitrogen and oxygen atoms in total. The minimum absolute atomic E-state index is 1.09. The van der Waals surface area contributed by atoms with E-state index in [2.05, 4.69) is 6.08 Å². The van der Waals surface area contributed by atoms with Crippen LogP contribution in [0.5, 0.6) is 0 Å². The lowest BCUT2D eigenvalue weighted by Gasteiger charge is -2.25. The Kier molecular flexibility index (Phi) is 1.56. The average molecular weight is 162 g/mol. The lowest BCUT2D eigenvalue weighted by atomic mass is 9.80. The van der Waals surface area contributed by atoms with Gasteiger partial charge in [-0.1, -0.05) is 37.3 Å². The zero-order valence-electron chi connectivity index (χ0n) is 7.76. The molecule has 12 heavy (non-hydrogen) atoms. The van der Waals surface area contributed by atoms with E-state index in [1.54, 1.807) is 18.4 Å². The Bertz CT molecular complexity index is 208. The highest BCUT2D eigenvalue weighted by molar-refractivity contribution is 5.19. The van der Waals surface area contributed by atoms with Gasteiger partial charge in [-0.05, 0) is 37.0 Å². The largest absolute Gasteiger partial charge is 0.0850 e. The van der Waals surface area contributed by atoms with Crippen LogP contribution in [0.3, 0.4) is 0 Å². The van der Waals surface area contributed by atoms with Crippen LogP contribution in [0.1, 0.15) is 44.9 Å². The number of hydrogen-bond donors (Lipinski definition) is 0. The van der Waals surface area contributed by atoms with Gasteiger partial charge in [0.2, 0.25) is 0 Å². The molecule has 0 saturated heterocycles. The van der Waals surface area contributed by atoms with E-state index in [0.717, 1.165) is 17.8 Å². The van der Waals surface area contributed by atoms with Crippen LogP contribution in [-0.4, -0.2) is 0 Å². The summed E-state index contributed by atoms with van der Waals surface area (Å²) >= 11 is 0. The lowest BCUT2D eigenvalue weighted by molar-refractivity contribution is 0.264. The highest BCUT2D eigenvalue weighted by Crippen LogP contribution is 2.50. The molecule has 0 aromatic carbocycles. The van der Waals surface area contributed by atoms with E-state index in [4.69, 9.17) is 0 Å². The molecule has 0 N–H and O–H groups in total. The topological polar surface area (TPSA) is 0 Å². The Balaban J connectivity index is 1.74. The summed E-state index contributed by atoms with van der Waals surface area (Å²) in [5.41, 5.74) is 1.80. The smallest absolute Gasteiger partial charge is 0.0286 e. The molecule has 0 aliphatic heterocycles. The number of rotatable bonds is 1. The first kappa shape index (κ1) is 7.17. The summed E-state index contributed by atoms with van der Waals surface area (Å²) < 4.78 is 0. The van der Waals surface area contributed by atoms with Crippen molar-refractivity contribution >= 4 is 0 Å². The normalized spacial score (nSPS) is 40.8. The van der Waals surface area contributed by atoms with Gasteiger partial charge in [-0.3, -0.25) is 0 Å². The van der Waals surface area contributed by atoms with Crippen molar-refractivity contribution in [1.82, 2.24) is 0 Å². The monoisotopic (exact) mass is 162 g/mol. The van der Waals surface area contributed by atoms with Crippen molar-refractivity contribution in [3.8, 4) is 0 Å². The Hall–Kier alpha value is -0.260. The number of allylic oxidation sites excluding steroid dienone is 2. The molecule has 0 radical (unpaired) electrons. The van der Waals surface area contributed by atoms with Crippen molar-refractivity contribution in [2.24, 2.45) is 17.8 Å². The molecule has 0 heteroatoms. The fourth-order valence-electron chi connectivity index (χ4n) is 3.72. The van der Waals surface area contributed by atoms with E-state index in [9.17, 15) is 0 Å². The summed E-state index contributed by atoms with van der Waals surface area (Å²) in [5.74, 6) is 3.33. The predicted octanol–water partition coefficient (Wildman–Crippen LogP) is 3.53. The van der Waals surface area contributed by atoms with Crippen LogP contribution in [0, 0.1) is 17.8 Å². The summed E-state index contributed by atoms with van der Waals surface area (Å²) in [6.07, 6.45) is 13.0. The summed E-state index contributed by atoms with van der Waals surface area (Å²) in [5, 5.41) is 0. The van der Waals surface area contributed by atoms with Gasteiger partial charge in [-0.25, -0.2) is 0 Å². The second kappa shape index (κ2) is 2.61. The summed E-state index contributed by atoms with van der Waals surface area (Å²) in [6, 6.07) is 0. The van der Waals surface area contributed by atoms with Crippen LogP contribution < -0.4 is 0 Å². The van der Waals surface area contributed by atoms with Gasteiger partial charge in [0.25, 0.3) is 0 Å². The van der Waals surface area contributed by atoms with Crippen LogP contribution in [-0.2, 0) is 0 Å². The lowest BCUT2D eigenvalue weighted by Crippen LogP contribution is -2.16. The summed E-state index contributed by atoms with van der Waals surface area (Å²) in [4.78, 5) is 0. The number of fused-ring (bicyclic) bond motifs is 2. The maximum atomic E-state index is 2.51. The molecule has 0 heterocycles. The highest BCUT2D eigenvalue weighted by atomic mass is 14.4. The van der Waals surface area contributed by atoms with E-state index >= 15 is 0 Å². The Labute approximate surface area is 75.0 Å². The van der Waals surface area contributed by atoms with E-state index in [1.165, 1.54) is 32.1 Å². The van der Waals surface area contributed by atoms with Gasteiger partial charge in [0.1, 0.15) is 0 Å². The quantitative estimate of drug-likeness (QED) is 0.517. The van der Waals surface area contributed by atoms with Gasteiger partial charge < -0.3 is 0 Å². The zero-order chi connectivity index (χ0) is 7.97. The van der Waals surface area contributed by atoms with Crippen molar-refractivity contribution < 1.29 is 0 Å². The van der Waals surface area contributed by atoms with Crippen LogP contribution in [0.15, 0.2) is 11.6 Å². The SMILES string of the molecule is C1=C2CC(C1)C(C1CCCC1)C2. The Morgan fingerprint density at radius 2 is 1.83 bits per heavy atom. The van der Waals surface area contributed by atoms with E-state index in [0.29, 0.717) is 0 Å². The predicted molar refractivity (Wildman–Crippen MR) is 50.9 cm³/mol. The van der Waals surface area contributed by atoms with Crippen molar-refractivity contribution in [3.63, 3.8) is 0 Å². The Morgan fingerprint density at radius 1 is 1.00 bits per heavy atom. The molecule has 3 aliphatic rings. The highest BCUT2D eigenvalue weighted by Gasteiger charge is 2.39. The fourth-order valence-corrected chi connectivity index (χ4v) is 3.72. The molecular formula is C12H18. The molecular weight excluding hydrogens is 144 g/mol. The van der Waals surface area contributed by atoms with Gasteiger partial charge in [-0.15, -0.1) is 0 Å². The molecule has 0 spiro atoms. The second-order valence-corrected chi connectivity index (χ2v) is 4.97. The first-order valence-electron chi connectivity index (χ1n) is 5.61. The second-order valence-electron chi connectivity index (χ2n) is 4.97. The molecule has 2 atom stereocenters. The maximum absolute atomic E-state index is 2.51. The van der Waals surface area contributed by atoms with Crippen LogP contribution in [0.2, 0.25) is 0 Å². The summed E-state index contributed by atoms with van der Waals surface area (Å²) in [7, 11) is 0. The van der Waals surface area contributed by atoms with E-state index < -0.39 is 0 Å². The molecule has 0 aromatic heterocycles. The van der Waals surface area contributed by atoms with Crippen molar-refractivity contribution in [2.75, 3.05) is 0 Å². The third kappa shape index (κ3) is 0.967. The third-order valence-electron chi connectivity index (χ3n) is 4.34.